The van der Waals surface area contributed by atoms with Gasteiger partial charge in [-0.2, -0.15) is 0 Å². The van der Waals surface area contributed by atoms with Gasteiger partial charge in [0.1, 0.15) is 11.4 Å². The van der Waals surface area contributed by atoms with Crippen LogP contribution in [0.25, 0.3) is 11.0 Å². The number of aliphatic hydroxyl groups excluding tert-OH is 1. The molecule has 0 bridgehead atoms. The predicted molar refractivity (Wildman–Crippen MR) is 74.3 cm³/mol. The molecule has 2 aromatic rings. The molecule has 0 aliphatic carbocycles. The second-order valence-electron chi connectivity index (χ2n) is 5.42. The van der Waals surface area contributed by atoms with Crippen LogP contribution in [0.2, 0.25) is 0 Å². The van der Waals surface area contributed by atoms with Crippen LogP contribution in [0.5, 0.6) is 0 Å². The number of aromatic nitrogens is 1. The zero-order chi connectivity index (χ0) is 13.4. The van der Waals surface area contributed by atoms with Crippen molar-refractivity contribution in [1.29, 1.82) is 0 Å². The van der Waals surface area contributed by atoms with Crippen LogP contribution in [0.3, 0.4) is 0 Å². The average Bonchev–Trinajstić information content (AvgIpc) is 2.94. The molecule has 102 valence electrons. The molecule has 1 aliphatic rings. The van der Waals surface area contributed by atoms with Crippen LogP contribution in [0, 0.1) is 0 Å². The van der Waals surface area contributed by atoms with Crippen molar-refractivity contribution < 1.29 is 9.52 Å². The number of hydrogen-bond donors (Lipinski definition) is 1. The summed E-state index contributed by atoms with van der Waals surface area (Å²) in [5.41, 5.74) is 0.843. The molecule has 1 aliphatic heterocycles. The smallest absolute Gasteiger partial charge is 0.140 e. The SMILES string of the molecule is CN(C)CC1CC(O)CN1c1nccc2occc12. The molecule has 0 spiro atoms. The quantitative estimate of drug-likeness (QED) is 0.903. The number of β-amino-alcohol motifs (C(OH)–C–C–N with tert-alkyl or cyclic N) is 1. The van der Waals surface area contributed by atoms with Gasteiger partial charge in [-0.25, -0.2) is 4.98 Å². The van der Waals surface area contributed by atoms with Crippen molar-refractivity contribution in [3.63, 3.8) is 0 Å². The Kier molecular flexibility index (Phi) is 3.16. The fraction of sp³-hybridized carbons (Fsp3) is 0.500. The maximum Gasteiger partial charge on any atom is 0.140 e. The second-order valence-corrected chi connectivity index (χ2v) is 5.42. The molecule has 2 unspecified atom stereocenters. The minimum Gasteiger partial charge on any atom is -0.464 e. The van der Waals surface area contributed by atoms with Gasteiger partial charge in [0.15, 0.2) is 0 Å². The molecule has 1 saturated heterocycles. The van der Waals surface area contributed by atoms with Gasteiger partial charge in [-0.3, -0.25) is 0 Å². The minimum absolute atomic E-state index is 0.283. The van der Waals surface area contributed by atoms with E-state index >= 15 is 0 Å². The third kappa shape index (κ3) is 2.31. The highest BCUT2D eigenvalue weighted by Crippen LogP contribution is 2.31. The van der Waals surface area contributed by atoms with E-state index in [1.165, 1.54) is 0 Å². The van der Waals surface area contributed by atoms with Gasteiger partial charge in [-0.1, -0.05) is 0 Å². The van der Waals surface area contributed by atoms with Crippen molar-refractivity contribution in [3.8, 4) is 0 Å². The highest BCUT2D eigenvalue weighted by atomic mass is 16.3. The van der Waals surface area contributed by atoms with E-state index in [0.29, 0.717) is 6.54 Å². The van der Waals surface area contributed by atoms with Crippen LogP contribution in [0.15, 0.2) is 29.0 Å². The first-order valence-electron chi connectivity index (χ1n) is 6.57. The Balaban J connectivity index is 1.97. The fourth-order valence-electron chi connectivity index (χ4n) is 2.85. The Hall–Kier alpha value is -1.59. The first-order chi connectivity index (χ1) is 9.15. The van der Waals surface area contributed by atoms with Crippen molar-refractivity contribution in [2.75, 3.05) is 32.1 Å². The van der Waals surface area contributed by atoms with Crippen molar-refractivity contribution in [3.05, 3.63) is 24.6 Å². The van der Waals surface area contributed by atoms with Crippen LogP contribution < -0.4 is 4.90 Å². The van der Waals surface area contributed by atoms with E-state index in [0.717, 1.165) is 29.8 Å². The Morgan fingerprint density at radius 1 is 1.47 bits per heavy atom. The zero-order valence-corrected chi connectivity index (χ0v) is 11.3. The molecular formula is C14H19N3O2. The van der Waals surface area contributed by atoms with E-state index in [4.69, 9.17) is 4.42 Å². The van der Waals surface area contributed by atoms with E-state index in [-0.39, 0.29) is 12.1 Å². The molecule has 3 rings (SSSR count). The molecule has 1 N–H and O–H groups in total. The van der Waals surface area contributed by atoms with Gasteiger partial charge in [-0.15, -0.1) is 0 Å². The zero-order valence-electron chi connectivity index (χ0n) is 11.3. The van der Waals surface area contributed by atoms with E-state index in [1.807, 2.05) is 12.1 Å². The summed E-state index contributed by atoms with van der Waals surface area (Å²) in [5, 5.41) is 11.0. The Morgan fingerprint density at radius 3 is 3.11 bits per heavy atom. The standard InChI is InChI=1S/C14H19N3O2/c1-16(2)8-10-7-11(18)9-17(10)14-12-4-6-19-13(12)3-5-15-14/h3-6,10-11,18H,7-9H2,1-2H3. The first kappa shape index (κ1) is 12.4. The average molecular weight is 261 g/mol. The molecule has 2 aromatic heterocycles. The maximum atomic E-state index is 9.96. The number of hydrogen-bond acceptors (Lipinski definition) is 5. The number of pyridine rings is 1. The summed E-state index contributed by atoms with van der Waals surface area (Å²) in [5.74, 6) is 0.912. The van der Waals surface area contributed by atoms with Crippen molar-refractivity contribution in [1.82, 2.24) is 9.88 Å². The van der Waals surface area contributed by atoms with Crippen molar-refractivity contribution in [2.24, 2.45) is 0 Å². The lowest BCUT2D eigenvalue weighted by Crippen LogP contribution is -2.38. The summed E-state index contributed by atoms with van der Waals surface area (Å²) < 4.78 is 5.42. The molecule has 5 heteroatoms. The number of aliphatic hydroxyl groups is 1. The molecule has 1 fully saturated rings. The van der Waals surface area contributed by atoms with Crippen LogP contribution >= 0.6 is 0 Å². The largest absolute Gasteiger partial charge is 0.464 e. The molecule has 3 heterocycles. The summed E-state index contributed by atoms with van der Waals surface area (Å²) in [6.45, 7) is 1.54. The lowest BCUT2D eigenvalue weighted by atomic mass is 10.2. The monoisotopic (exact) mass is 261 g/mol. The number of furan rings is 1. The number of likely N-dealkylation sites (N-methyl/N-ethyl adjacent to an activating group) is 1. The van der Waals surface area contributed by atoms with Crippen molar-refractivity contribution >= 4 is 16.8 Å². The Morgan fingerprint density at radius 2 is 2.32 bits per heavy atom. The number of nitrogens with zero attached hydrogens (tertiary/aromatic N) is 3. The third-order valence-electron chi connectivity index (χ3n) is 3.60. The van der Waals surface area contributed by atoms with Gasteiger partial charge in [0.25, 0.3) is 0 Å². The van der Waals surface area contributed by atoms with Gasteiger partial charge >= 0.3 is 0 Å². The van der Waals surface area contributed by atoms with Crippen LogP contribution in [-0.2, 0) is 0 Å². The van der Waals surface area contributed by atoms with E-state index in [1.54, 1.807) is 12.5 Å². The fourth-order valence-corrected chi connectivity index (χ4v) is 2.85. The van der Waals surface area contributed by atoms with Gasteiger partial charge in [0.2, 0.25) is 0 Å². The normalized spacial score (nSPS) is 23.7. The van der Waals surface area contributed by atoms with Crippen LogP contribution in [-0.4, -0.2) is 54.3 Å². The predicted octanol–water partition coefficient (Wildman–Crippen LogP) is 1.33. The summed E-state index contributed by atoms with van der Waals surface area (Å²) in [7, 11) is 4.10. The first-order valence-corrected chi connectivity index (χ1v) is 6.57. The summed E-state index contributed by atoms with van der Waals surface area (Å²) in [6, 6.07) is 4.10. The van der Waals surface area contributed by atoms with Gasteiger partial charge in [-0.05, 0) is 32.6 Å². The molecular weight excluding hydrogens is 242 g/mol. The van der Waals surface area contributed by atoms with Gasteiger partial charge in [0.05, 0.1) is 17.8 Å². The van der Waals surface area contributed by atoms with Crippen LogP contribution in [0.4, 0.5) is 5.82 Å². The number of anilines is 1. The van der Waals surface area contributed by atoms with Gasteiger partial charge in [0, 0.05) is 25.3 Å². The molecule has 5 nitrogen and oxygen atoms in total. The highest BCUT2D eigenvalue weighted by molar-refractivity contribution is 5.88. The highest BCUT2D eigenvalue weighted by Gasteiger charge is 2.33. The summed E-state index contributed by atoms with van der Waals surface area (Å²) in [6.07, 6.45) is 3.95. The molecule has 0 aromatic carbocycles. The second kappa shape index (κ2) is 4.83. The third-order valence-corrected chi connectivity index (χ3v) is 3.60. The number of rotatable bonds is 3. The molecule has 0 radical (unpaired) electrons. The maximum absolute atomic E-state index is 9.96. The lowest BCUT2D eigenvalue weighted by Gasteiger charge is -2.28. The van der Waals surface area contributed by atoms with E-state index in [9.17, 15) is 5.11 Å². The lowest BCUT2D eigenvalue weighted by molar-refractivity contribution is 0.191. The Labute approximate surface area is 112 Å². The molecule has 19 heavy (non-hydrogen) atoms. The van der Waals surface area contributed by atoms with Crippen LogP contribution in [0.1, 0.15) is 6.42 Å². The molecule has 0 saturated carbocycles. The minimum atomic E-state index is -0.283. The topological polar surface area (TPSA) is 52.7 Å². The summed E-state index contributed by atoms with van der Waals surface area (Å²) >= 11 is 0. The van der Waals surface area contributed by atoms with E-state index < -0.39 is 0 Å². The molecule has 2 atom stereocenters. The van der Waals surface area contributed by atoms with E-state index in [2.05, 4.69) is 28.9 Å². The van der Waals surface area contributed by atoms with Gasteiger partial charge < -0.3 is 19.3 Å². The molecule has 0 amide bonds. The Bertz CT molecular complexity index is 567. The van der Waals surface area contributed by atoms with Crippen molar-refractivity contribution in [2.45, 2.75) is 18.6 Å². The number of fused-ring (bicyclic) bond motifs is 1. The summed E-state index contributed by atoms with van der Waals surface area (Å²) in [4.78, 5) is 8.83.